The predicted octanol–water partition coefficient (Wildman–Crippen LogP) is 1.95. The van der Waals surface area contributed by atoms with E-state index in [0.29, 0.717) is 16.8 Å². The Hall–Kier alpha value is -4.03. The number of fused-ring (bicyclic) bond motifs is 1. The number of carbonyl (C=O) groups is 1. The van der Waals surface area contributed by atoms with Gasteiger partial charge in [0.15, 0.2) is 0 Å². The minimum atomic E-state index is -3.94. The highest BCUT2D eigenvalue weighted by molar-refractivity contribution is 7.92. The van der Waals surface area contributed by atoms with E-state index in [4.69, 9.17) is 10.5 Å². The number of allylic oxidation sites excluding steroid dienone is 1. The molecule has 12 heteroatoms. The van der Waals surface area contributed by atoms with Crippen LogP contribution in [-0.2, 0) is 25.0 Å². The first-order chi connectivity index (χ1) is 16.4. The lowest BCUT2D eigenvalue weighted by Crippen LogP contribution is -2.41. The van der Waals surface area contributed by atoms with Crippen molar-refractivity contribution in [2.45, 2.75) is 32.6 Å². The normalized spacial score (nSPS) is 17.3. The van der Waals surface area contributed by atoms with Crippen LogP contribution in [-0.4, -0.2) is 44.5 Å². The molecule has 2 aromatic rings. The fraction of sp³-hybridized carbons (Fsp3) is 0.391. The standard InChI is InChI=1S/C23H26N6O5S/c1-13(2)23(18(12-25)21(26)34-22-20(23)14(3)27-28-22)16-8-15(11-24)9-17(10-16)29(4)35(31,32)7-6-19(30)33-5/h8-10,13H,6-7,26H2,1-5H3,(H,27,28). The average molecular weight is 499 g/mol. The molecule has 3 rings (SSSR count). The van der Waals surface area contributed by atoms with Gasteiger partial charge in [-0.1, -0.05) is 13.8 Å². The summed E-state index contributed by atoms with van der Waals surface area (Å²) in [4.78, 5) is 11.5. The summed E-state index contributed by atoms with van der Waals surface area (Å²) >= 11 is 0. The number of aromatic nitrogens is 2. The molecule has 1 atom stereocenters. The number of methoxy groups -OCH3 is 1. The molecule has 0 saturated heterocycles. The number of nitrogens with two attached hydrogens (primary N) is 1. The Morgan fingerprint density at radius 1 is 1.31 bits per heavy atom. The summed E-state index contributed by atoms with van der Waals surface area (Å²) in [6, 6.07) is 8.85. The number of nitrogens with one attached hydrogen (secondary N) is 1. The topological polar surface area (TPSA) is 175 Å². The maximum absolute atomic E-state index is 13.0. The van der Waals surface area contributed by atoms with Crippen molar-refractivity contribution in [3.05, 3.63) is 52.0 Å². The van der Waals surface area contributed by atoms with E-state index < -0.39 is 27.2 Å². The van der Waals surface area contributed by atoms with Crippen molar-refractivity contribution < 1.29 is 22.7 Å². The van der Waals surface area contributed by atoms with Gasteiger partial charge in [0.1, 0.15) is 11.6 Å². The maximum atomic E-state index is 13.0. The molecule has 35 heavy (non-hydrogen) atoms. The first-order valence-corrected chi connectivity index (χ1v) is 12.3. The maximum Gasteiger partial charge on any atom is 0.306 e. The second-order valence-electron chi connectivity index (χ2n) is 8.43. The smallest absolute Gasteiger partial charge is 0.306 e. The molecule has 0 bridgehead atoms. The Balaban J connectivity index is 2.29. The van der Waals surface area contributed by atoms with Crippen molar-refractivity contribution in [2.24, 2.45) is 11.7 Å². The second-order valence-corrected chi connectivity index (χ2v) is 10.6. The molecule has 0 fully saturated rings. The Bertz CT molecular complexity index is 1400. The van der Waals surface area contributed by atoms with Crippen molar-refractivity contribution >= 4 is 21.7 Å². The Morgan fingerprint density at radius 2 is 2.00 bits per heavy atom. The van der Waals surface area contributed by atoms with Gasteiger partial charge in [-0.15, -0.1) is 5.10 Å². The zero-order valence-electron chi connectivity index (χ0n) is 20.0. The number of aromatic amines is 1. The molecule has 0 aliphatic carbocycles. The molecule has 2 heterocycles. The zero-order chi connectivity index (χ0) is 26.1. The molecule has 0 saturated carbocycles. The molecule has 1 aliphatic rings. The molecule has 3 N–H and O–H groups in total. The molecule has 11 nitrogen and oxygen atoms in total. The van der Waals surface area contributed by atoms with Crippen molar-refractivity contribution in [3.8, 4) is 18.0 Å². The highest BCUT2D eigenvalue weighted by Crippen LogP contribution is 2.53. The number of carbonyl (C=O) groups excluding carboxylic acids is 1. The molecule has 1 aromatic heterocycles. The van der Waals surface area contributed by atoms with Crippen molar-refractivity contribution in [2.75, 3.05) is 24.2 Å². The first kappa shape index (κ1) is 25.6. The lowest BCUT2D eigenvalue weighted by molar-refractivity contribution is -0.140. The number of H-pyrrole nitrogens is 1. The van der Waals surface area contributed by atoms with Gasteiger partial charge >= 0.3 is 5.97 Å². The van der Waals surface area contributed by atoms with E-state index in [1.54, 1.807) is 19.1 Å². The van der Waals surface area contributed by atoms with Crippen LogP contribution in [0.4, 0.5) is 5.69 Å². The van der Waals surface area contributed by atoms with Gasteiger partial charge in [0.25, 0.3) is 0 Å². The van der Waals surface area contributed by atoms with Crippen molar-refractivity contribution in [1.29, 1.82) is 10.5 Å². The lowest BCUT2D eigenvalue weighted by Gasteiger charge is -2.41. The number of hydrogen-bond acceptors (Lipinski definition) is 9. The van der Waals surface area contributed by atoms with E-state index in [0.717, 1.165) is 4.31 Å². The van der Waals surface area contributed by atoms with Gasteiger partial charge in [-0.2, -0.15) is 10.5 Å². The van der Waals surface area contributed by atoms with Crippen LogP contribution in [0.2, 0.25) is 0 Å². The molecule has 0 amide bonds. The first-order valence-electron chi connectivity index (χ1n) is 10.7. The van der Waals surface area contributed by atoms with Gasteiger partial charge < -0.3 is 15.2 Å². The predicted molar refractivity (Wildman–Crippen MR) is 126 cm³/mol. The van der Waals surface area contributed by atoms with E-state index >= 15 is 0 Å². The van der Waals surface area contributed by atoms with Crippen LogP contribution in [0.3, 0.4) is 0 Å². The fourth-order valence-electron chi connectivity index (χ4n) is 4.46. The third-order valence-corrected chi connectivity index (χ3v) is 7.97. The van der Waals surface area contributed by atoms with E-state index in [2.05, 4.69) is 27.1 Å². The Kier molecular flexibility index (Phi) is 6.81. The molecule has 1 aromatic carbocycles. The zero-order valence-corrected chi connectivity index (χ0v) is 20.9. The van der Waals surface area contributed by atoms with Gasteiger partial charge in [-0.05, 0) is 36.6 Å². The molecule has 1 unspecified atom stereocenters. The third kappa shape index (κ3) is 4.17. The van der Waals surface area contributed by atoms with Crippen LogP contribution in [0.15, 0.2) is 29.7 Å². The van der Waals surface area contributed by atoms with Gasteiger partial charge in [-0.3, -0.25) is 14.2 Å². The summed E-state index contributed by atoms with van der Waals surface area (Å²) in [5, 5.41) is 26.9. The van der Waals surface area contributed by atoms with Crippen LogP contribution in [0.1, 0.15) is 42.7 Å². The highest BCUT2D eigenvalue weighted by atomic mass is 32.2. The summed E-state index contributed by atoms with van der Waals surface area (Å²) < 4.78 is 37.1. The molecule has 0 radical (unpaired) electrons. The van der Waals surface area contributed by atoms with Gasteiger partial charge in [-0.25, -0.2) is 8.42 Å². The highest BCUT2D eigenvalue weighted by Gasteiger charge is 2.51. The molecular formula is C23H26N6O5S. The molecule has 184 valence electrons. The van der Waals surface area contributed by atoms with Crippen molar-refractivity contribution in [3.63, 3.8) is 0 Å². The number of ether oxygens (including phenoxy) is 2. The summed E-state index contributed by atoms with van der Waals surface area (Å²) in [7, 11) is -1.43. The number of aryl methyl sites for hydroxylation is 1. The average Bonchev–Trinajstić information content (AvgIpc) is 3.20. The van der Waals surface area contributed by atoms with Crippen LogP contribution in [0, 0.1) is 35.5 Å². The number of rotatable bonds is 7. The monoisotopic (exact) mass is 498 g/mol. The summed E-state index contributed by atoms with van der Waals surface area (Å²) in [5.41, 5.74) is 7.16. The number of nitriles is 2. The summed E-state index contributed by atoms with van der Waals surface area (Å²) in [5.74, 6) is -1.33. The number of esters is 1. The fourth-order valence-corrected chi connectivity index (χ4v) is 5.58. The number of anilines is 1. The number of sulfonamides is 1. The molecule has 1 aliphatic heterocycles. The SMILES string of the molecule is COC(=O)CCS(=O)(=O)N(C)c1cc(C#N)cc(C2(C(C)C)C(C#N)=C(N)Oc3n[nH]c(C)c32)c1. The third-order valence-electron chi connectivity index (χ3n) is 6.21. The quantitative estimate of drug-likeness (QED) is 0.540. The van der Waals surface area contributed by atoms with E-state index in [1.165, 1.54) is 20.2 Å². The van der Waals surface area contributed by atoms with E-state index in [1.807, 2.05) is 13.8 Å². The van der Waals surface area contributed by atoms with E-state index in [9.17, 15) is 23.7 Å². The lowest BCUT2D eigenvalue weighted by atomic mass is 9.61. The molecular weight excluding hydrogens is 472 g/mol. The van der Waals surface area contributed by atoms with E-state index in [-0.39, 0.29) is 40.9 Å². The number of nitrogens with zero attached hydrogens (tertiary/aromatic N) is 4. The largest absolute Gasteiger partial charge is 0.469 e. The summed E-state index contributed by atoms with van der Waals surface area (Å²) in [6.07, 6.45) is -0.323. The number of hydrogen-bond donors (Lipinski definition) is 2. The minimum absolute atomic E-state index is 0.122. The van der Waals surface area contributed by atoms with Crippen LogP contribution >= 0.6 is 0 Å². The van der Waals surface area contributed by atoms with Crippen molar-refractivity contribution in [1.82, 2.24) is 10.2 Å². The van der Waals surface area contributed by atoms with Gasteiger partial charge in [0.05, 0.1) is 47.6 Å². The van der Waals surface area contributed by atoms with Crippen LogP contribution < -0.4 is 14.8 Å². The second kappa shape index (κ2) is 9.31. The Morgan fingerprint density at radius 3 is 2.57 bits per heavy atom. The Labute approximate surface area is 203 Å². The van der Waals surface area contributed by atoms with Gasteiger partial charge in [0.2, 0.25) is 21.8 Å². The number of benzene rings is 1. The van der Waals surface area contributed by atoms with Crippen LogP contribution in [0.5, 0.6) is 5.88 Å². The molecule has 0 spiro atoms. The van der Waals surface area contributed by atoms with Crippen LogP contribution in [0.25, 0.3) is 0 Å². The minimum Gasteiger partial charge on any atom is -0.469 e. The summed E-state index contributed by atoms with van der Waals surface area (Å²) in [6.45, 7) is 5.56. The van der Waals surface area contributed by atoms with Gasteiger partial charge in [0, 0.05) is 12.7 Å².